The molecule has 1 heterocycles. The van der Waals surface area contributed by atoms with Crippen molar-refractivity contribution < 1.29 is 9.26 Å². The molecule has 0 atom stereocenters. The van der Waals surface area contributed by atoms with Gasteiger partial charge in [0.2, 0.25) is 5.82 Å². The third-order valence-corrected chi connectivity index (χ3v) is 1.89. The van der Waals surface area contributed by atoms with Crippen molar-refractivity contribution >= 4 is 0 Å². The zero-order chi connectivity index (χ0) is 9.97. The Bertz CT molecular complexity index is 420. The molecule has 0 aliphatic carbocycles. The molecule has 2 aromatic rings. The van der Waals surface area contributed by atoms with Crippen LogP contribution >= 0.6 is 0 Å². The van der Waals surface area contributed by atoms with Gasteiger partial charge in [-0.1, -0.05) is 35.0 Å². The molecule has 0 aliphatic rings. The topological polar surface area (TPSA) is 48.2 Å². The quantitative estimate of drug-likeness (QED) is 0.727. The van der Waals surface area contributed by atoms with Crippen LogP contribution in [0.2, 0.25) is 0 Å². The average Bonchev–Trinajstić information content (AvgIpc) is 2.67. The summed E-state index contributed by atoms with van der Waals surface area (Å²) in [5.41, 5.74) is 2.12. The Morgan fingerprint density at radius 3 is 2.50 bits per heavy atom. The van der Waals surface area contributed by atoms with E-state index in [9.17, 15) is 0 Å². The first-order valence-corrected chi connectivity index (χ1v) is 4.24. The smallest absolute Gasteiger partial charge is 0.417 e. The molecule has 0 bridgehead atoms. The Labute approximate surface area is 81.5 Å². The van der Waals surface area contributed by atoms with Gasteiger partial charge in [-0.15, -0.1) is 0 Å². The highest BCUT2D eigenvalue weighted by Crippen LogP contribution is 2.18. The molecule has 1 aromatic heterocycles. The van der Waals surface area contributed by atoms with Crippen molar-refractivity contribution in [2.45, 2.75) is 6.92 Å². The zero-order valence-corrected chi connectivity index (χ0v) is 8.02. The van der Waals surface area contributed by atoms with Gasteiger partial charge in [-0.05, 0) is 6.92 Å². The fraction of sp³-hybridized carbons (Fsp3) is 0.200. The maximum Gasteiger partial charge on any atom is 0.417 e. The van der Waals surface area contributed by atoms with E-state index in [0.29, 0.717) is 5.82 Å². The van der Waals surface area contributed by atoms with Crippen LogP contribution in [-0.4, -0.2) is 17.3 Å². The minimum absolute atomic E-state index is 0.181. The van der Waals surface area contributed by atoms with Gasteiger partial charge in [0.1, 0.15) is 0 Å². The highest BCUT2D eigenvalue weighted by molar-refractivity contribution is 5.54. The number of aromatic nitrogens is 2. The number of nitrogens with zero attached hydrogens (tertiary/aromatic N) is 2. The first-order chi connectivity index (χ1) is 6.79. The molecule has 0 spiro atoms. The minimum Gasteiger partial charge on any atom is -0.452 e. The second kappa shape index (κ2) is 3.49. The summed E-state index contributed by atoms with van der Waals surface area (Å²) in [5.74, 6) is 0.543. The van der Waals surface area contributed by atoms with E-state index in [-0.39, 0.29) is 6.08 Å². The van der Waals surface area contributed by atoms with E-state index < -0.39 is 0 Å². The van der Waals surface area contributed by atoms with E-state index in [1.807, 2.05) is 31.2 Å². The van der Waals surface area contributed by atoms with Gasteiger partial charge >= 0.3 is 6.08 Å². The second-order valence-electron chi connectivity index (χ2n) is 2.95. The van der Waals surface area contributed by atoms with Crippen LogP contribution in [-0.2, 0) is 0 Å². The number of hydrogen-bond donors (Lipinski definition) is 0. The molecule has 14 heavy (non-hydrogen) atoms. The summed E-state index contributed by atoms with van der Waals surface area (Å²) < 4.78 is 9.61. The van der Waals surface area contributed by atoms with E-state index in [2.05, 4.69) is 10.1 Å². The van der Waals surface area contributed by atoms with Crippen LogP contribution < -0.4 is 4.74 Å². The number of aryl methyl sites for hydroxylation is 1. The predicted molar refractivity (Wildman–Crippen MR) is 51.0 cm³/mol. The normalized spacial score (nSPS) is 10.1. The molecule has 0 unspecified atom stereocenters. The monoisotopic (exact) mass is 190 g/mol. The highest BCUT2D eigenvalue weighted by Gasteiger charge is 2.07. The Kier molecular flexibility index (Phi) is 2.18. The molecular formula is C10H10N2O2. The van der Waals surface area contributed by atoms with Gasteiger partial charge in [-0.2, -0.15) is 4.98 Å². The van der Waals surface area contributed by atoms with Crippen molar-refractivity contribution in [3.8, 4) is 17.5 Å². The molecule has 72 valence electrons. The SMILES string of the molecule is COc1nc(-c2ccc(C)cc2)no1. The third-order valence-electron chi connectivity index (χ3n) is 1.89. The molecule has 0 amide bonds. The zero-order valence-electron chi connectivity index (χ0n) is 8.02. The Balaban J connectivity index is 2.34. The first-order valence-electron chi connectivity index (χ1n) is 4.24. The molecule has 1 aromatic carbocycles. The van der Waals surface area contributed by atoms with Crippen LogP contribution in [0.5, 0.6) is 6.08 Å². The van der Waals surface area contributed by atoms with Crippen molar-refractivity contribution in [1.82, 2.24) is 10.1 Å². The van der Waals surface area contributed by atoms with Crippen LogP contribution in [0.15, 0.2) is 28.8 Å². The van der Waals surface area contributed by atoms with E-state index in [1.165, 1.54) is 12.7 Å². The predicted octanol–water partition coefficient (Wildman–Crippen LogP) is 2.05. The summed E-state index contributed by atoms with van der Waals surface area (Å²) >= 11 is 0. The minimum atomic E-state index is 0.181. The second-order valence-corrected chi connectivity index (χ2v) is 2.95. The van der Waals surface area contributed by atoms with Crippen molar-refractivity contribution in [1.29, 1.82) is 0 Å². The van der Waals surface area contributed by atoms with Crippen molar-refractivity contribution in [3.05, 3.63) is 29.8 Å². The fourth-order valence-corrected chi connectivity index (χ4v) is 1.11. The number of methoxy groups -OCH3 is 1. The summed E-state index contributed by atoms with van der Waals surface area (Å²) in [7, 11) is 1.49. The van der Waals surface area contributed by atoms with Gasteiger partial charge in [-0.3, -0.25) is 4.52 Å². The van der Waals surface area contributed by atoms with Crippen LogP contribution in [0, 0.1) is 6.92 Å². The molecular weight excluding hydrogens is 180 g/mol. The van der Waals surface area contributed by atoms with E-state index in [4.69, 9.17) is 9.26 Å². The van der Waals surface area contributed by atoms with Crippen molar-refractivity contribution in [2.24, 2.45) is 0 Å². The van der Waals surface area contributed by atoms with Crippen LogP contribution in [0.25, 0.3) is 11.4 Å². The third kappa shape index (κ3) is 1.59. The van der Waals surface area contributed by atoms with Gasteiger partial charge in [0.25, 0.3) is 0 Å². The molecule has 0 fully saturated rings. The maximum absolute atomic E-state index is 4.82. The molecule has 0 radical (unpaired) electrons. The van der Waals surface area contributed by atoms with Gasteiger partial charge < -0.3 is 4.74 Å². The van der Waals surface area contributed by atoms with Crippen LogP contribution in [0.4, 0.5) is 0 Å². The lowest BCUT2D eigenvalue weighted by molar-refractivity contribution is 0.250. The number of hydrogen-bond acceptors (Lipinski definition) is 4. The maximum atomic E-state index is 4.82. The first kappa shape index (κ1) is 8.74. The summed E-state index contributed by atoms with van der Waals surface area (Å²) in [6.45, 7) is 2.03. The standard InChI is InChI=1S/C10H10N2O2/c1-7-3-5-8(6-4-7)9-11-10(13-2)14-12-9/h3-6H,1-2H3. The van der Waals surface area contributed by atoms with Crippen molar-refractivity contribution in [3.63, 3.8) is 0 Å². The number of benzene rings is 1. The van der Waals surface area contributed by atoms with Crippen LogP contribution in [0.3, 0.4) is 0 Å². The summed E-state index contributed by atoms with van der Waals surface area (Å²) in [5, 5.41) is 3.78. The lowest BCUT2D eigenvalue weighted by Gasteiger charge is -1.93. The van der Waals surface area contributed by atoms with Gasteiger partial charge in [0.05, 0.1) is 7.11 Å². The van der Waals surface area contributed by atoms with E-state index >= 15 is 0 Å². The van der Waals surface area contributed by atoms with Gasteiger partial charge in [0, 0.05) is 5.56 Å². The summed E-state index contributed by atoms with van der Waals surface area (Å²) in [4.78, 5) is 4.03. The lowest BCUT2D eigenvalue weighted by atomic mass is 10.1. The molecule has 4 heteroatoms. The van der Waals surface area contributed by atoms with E-state index in [0.717, 1.165) is 5.56 Å². The van der Waals surface area contributed by atoms with Crippen LogP contribution in [0.1, 0.15) is 5.56 Å². The van der Waals surface area contributed by atoms with Crippen molar-refractivity contribution in [2.75, 3.05) is 7.11 Å². The van der Waals surface area contributed by atoms with E-state index in [1.54, 1.807) is 0 Å². The summed E-state index contributed by atoms with van der Waals surface area (Å²) in [6, 6.07) is 7.88. The molecule has 2 rings (SSSR count). The molecule has 0 N–H and O–H groups in total. The lowest BCUT2D eigenvalue weighted by Crippen LogP contribution is -1.83. The molecule has 0 aliphatic heterocycles. The number of rotatable bonds is 2. The molecule has 0 saturated heterocycles. The Morgan fingerprint density at radius 2 is 1.93 bits per heavy atom. The summed E-state index contributed by atoms with van der Waals surface area (Å²) in [6.07, 6.45) is 0.181. The Hall–Kier alpha value is -1.84. The molecule has 0 saturated carbocycles. The molecule has 4 nitrogen and oxygen atoms in total. The Morgan fingerprint density at radius 1 is 1.21 bits per heavy atom. The average molecular weight is 190 g/mol. The number of ether oxygens (including phenoxy) is 1. The highest BCUT2D eigenvalue weighted by atomic mass is 16.6. The van der Waals surface area contributed by atoms with Gasteiger partial charge in [-0.25, -0.2) is 0 Å². The largest absolute Gasteiger partial charge is 0.452 e. The van der Waals surface area contributed by atoms with Gasteiger partial charge in [0.15, 0.2) is 0 Å². The fourth-order valence-electron chi connectivity index (χ4n) is 1.11.